The number of piperidine rings is 1. The SMILES string of the molecule is NC(=O)C12NCCC(C(=O)CCc3ccc(O)cc3)C1OCC2=O. The maximum atomic E-state index is 12.6. The molecular formula is C17H20N2O5. The smallest absolute Gasteiger partial charge is 0.248 e. The number of benzene rings is 1. The van der Waals surface area contributed by atoms with Crippen LogP contribution in [0.15, 0.2) is 24.3 Å². The number of hydrogen-bond donors (Lipinski definition) is 3. The third-order valence-electron chi connectivity index (χ3n) is 4.88. The molecule has 2 saturated heterocycles. The van der Waals surface area contributed by atoms with E-state index in [1.165, 1.54) is 0 Å². The minimum atomic E-state index is -1.57. The molecule has 0 saturated carbocycles. The number of amides is 1. The molecule has 0 aromatic heterocycles. The first-order valence-electron chi connectivity index (χ1n) is 7.95. The Kier molecular flexibility index (Phi) is 4.38. The zero-order chi connectivity index (χ0) is 17.3. The highest BCUT2D eigenvalue weighted by Crippen LogP contribution is 2.35. The summed E-state index contributed by atoms with van der Waals surface area (Å²) in [6, 6.07) is 6.66. The number of ether oxygens (including phenoxy) is 1. The first-order valence-corrected chi connectivity index (χ1v) is 7.95. The van der Waals surface area contributed by atoms with E-state index in [1.54, 1.807) is 24.3 Å². The summed E-state index contributed by atoms with van der Waals surface area (Å²) in [6.07, 6.45) is 0.469. The molecule has 2 fully saturated rings. The van der Waals surface area contributed by atoms with Gasteiger partial charge in [0.2, 0.25) is 5.91 Å². The lowest BCUT2D eigenvalue weighted by Crippen LogP contribution is -2.70. The van der Waals surface area contributed by atoms with E-state index in [2.05, 4.69) is 5.32 Å². The van der Waals surface area contributed by atoms with Crippen molar-refractivity contribution in [3.63, 3.8) is 0 Å². The second-order valence-electron chi connectivity index (χ2n) is 6.28. The first kappa shape index (κ1) is 16.6. The predicted octanol–water partition coefficient (Wildman–Crippen LogP) is -0.305. The number of phenolic OH excluding ortho intramolecular Hbond substituents is 1. The second-order valence-corrected chi connectivity index (χ2v) is 6.28. The molecule has 3 unspecified atom stereocenters. The molecule has 2 aliphatic heterocycles. The molecule has 0 bridgehead atoms. The number of carbonyl (C=O) groups is 3. The van der Waals surface area contributed by atoms with Gasteiger partial charge in [0.25, 0.3) is 0 Å². The van der Waals surface area contributed by atoms with Crippen molar-refractivity contribution >= 4 is 17.5 Å². The van der Waals surface area contributed by atoms with Gasteiger partial charge in [-0.3, -0.25) is 19.7 Å². The van der Waals surface area contributed by atoms with Gasteiger partial charge in [-0.05, 0) is 37.1 Å². The van der Waals surface area contributed by atoms with Crippen LogP contribution in [-0.4, -0.2) is 47.4 Å². The zero-order valence-corrected chi connectivity index (χ0v) is 13.2. The summed E-state index contributed by atoms with van der Waals surface area (Å²) in [4.78, 5) is 36.6. The van der Waals surface area contributed by atoms with Crippen molar-refractivity contribution in [1.82, 2.24) is 5.32 Å². The van der Waals surface area contributed by atoms with Crippen molar-refractivity contribution < 1.29 is 24.2 Å². The Bertz CT molecular complexity index is 672. The summed E-state index contributed by atoms with van der Waals surface area (Å²) in [5.41, 5.74) is 4.80. The van der Waals surface area contributed by atoms with Crippen molar-refractivity contribution in [3.05, 3.63) is 29.8 Å². The fraction of sp³-hybridized carbons (Fsp3) is 0.471. The lowest BCUT2D eigenvalue weighted by atomic mass is 9.75. The summed E-state index contributed by atoms with van der Waals surface area (Å²) in [5, 5.41) is 12.2. The van der Waals surface area contributed by atoms with E-state index in [9.17, 15) is 19.5 Å². The molecule has 0 spiro atoms. The van der Waals surface area contributed by atoms with Crippen LogP contribution in [0.1, 0.15) is 18.4 Å². The van der Waals surface area contributed by atoms with E-state index in [4.69, 9.17) is 10.5 Å². The third kappa shape index (κ3) is 2.70. The fourth-order valence-electron chi connectivity index (χ4n) is 3.57. The van der Waals surface area contributed by atoms with Crippen LogP contribution in [0.25, 0.3) is 0 Å². The Morgan fingerprint density at radius 1 is 1.33 bits per heavy atom. The predicted molar refractivity (Wildman–Crippen MR) is 84.2 cm³/mol. The number of phenols is 1. The van der Waals surface area contributed by atoms with Gasteiger partial charge in [0.05, 0.1) is 0 Å². The number of primary amides is 1. The molecule has 2 aliphatic rings. The zero-order valence-electron chi connectivity index (χ0n) is 13.2. The maximum Gasteiger partial charge on any atom is 0.248 e. The van der Waals surface area contributed by atoms with E-state index in [1.807, 2.05) is 0 Å². The molecular weight excluding hydrogens is 312 g/mol. The molecule has 2 heterocycles. The minimum absolute atomic E-state index is 0.0464. The lowest BCUT2D eigenvalue weighted by molar-refractivity contribution is -0.140. The van der Waals surface area contributed by atoms with Gasteiger partial charge in [0.1, 0.15) is 24.2 Å². The summed E-state index contributed by atoms with van der Waals surface area (Å²) >= 11 is 0. The molecule has 24 heavy (non-hydrogen) atoms. The van der Waals surface area contributed by atoms with Gasteiger partial charge in [-0.25, -0.2) is 0 Å². The number of fused-ring (bicyclic) bond motifs is 1. The van der Waals surface area contributed by atoms with Crippen LogP contribution in [0.3, 0.4) is 0 Å². The number of rotatable bonds is 5. The molecule has 128 valence electrons. The van der Waals surface area contributed by atoms with Gasteiger partial charge in [0, 0.05) is 12.3 Å². The van der Waals surface area contributed by atoms with E-state index in [0.29, 0.717) is 19.4 Å². The standard InChI is InChI=1S/C17H20N2O5/c18-16(23)17-14(22)9-24-15(17)12(7-8-19-17)13(21)6-3-10-1-4-11(20)5-2-10/h1-2,4-5,12,15,19-20H,3,6-9H2,(H2,18,23). The topological polar surface area (TPSA) is 119 Å². The molecule has 7 heteroatoms. The molecule has 3 rings (SSSR count). The van der Waals surface area contributed by atoms with Gasteiger partial charge in [-0.2, -0.15) is 0 Å². The molecule has 4 N–H and O–H groups in total. The summed E-state index contributed by atoms with van der Waals surface area (Å²) in [6.45, 7) is 0.159. The number of hydrogen-bond acceptors (Lipinski definition) is 6. The van der Waals surface area contributed by atoms with Crippen LogP contribution in [0.5, 0.6) is 5.75 Å². The van der Waals surface area contributed by atoms with Crippen molar-refractivity contribution in [2.24, 2.45) is 11.7 Å². The highest BCUT2D eigenvalue weighted by Gasteiger charge is 2.61. The highest BCUT2D eigenvalue weighted by molar-refractivity contribution is 6.13. The normalized spacial score (nSPS) is 29.2. The van der Waals surface area contributed by atoms with Crippen LogP contribution in [0.2, 0.25) is 0 Å². The largest absolute Gasteiger partial charge is 0.508 e. The van der Waals surface area contributed by atoms with Gasteiger partial charge in [0.15, 0.2) is 11.3 Å². The molecule has 3 atom stereocenters. The van der Waals surface area contributed by atoms with Crippen molar-refractivity contribution in [2.45, 2.75) is 30.9 Å². The summed E-state index contributed by atoms with van der Waals surface area (Å²) < 4.78 is 5.47. The molecule has 0 aliphatic carbocycles. The van der Waals surface area contributed by atoms with Crippen LogP contribution >= 0.6 is 0 Å². The van der Waals surface area contributed by atoms with Crippen LogP contribution in [-0.2, 0) is 25.5 Å². The average Bonchev–Trinajstić information content (AvgIpc) is 2.92. The maximum absolute atomic E-state index is 12.6. The van der Waals surface area contributed by atoms with Gasteiger partial charge in [-0.1, -0.05) is 12.1 Å². The Morgan fingerprint density at radius 2 is 2.04 bits per heavy atom. The number of carbonyl (C=O) groups excluding carboxylic acids is 3. The fourth-order valence-corrected chi connectivity index (χ4v) is 3.57. The van der Waals surface area contributed by atoms with Crippen LogP contribution in [0, 0.1) is 5.92 Å². The van der Waals surface area contributed by atoms with E-state index in [-0.39, 0.29) is 24.6 Å². The number of ketones is 2. The Hall–Kier alpha value is -2.25. The van der Waals surface area contributed by atoms with Gasteiger partial charge < -0.3 is 15.6 Å². The molecule has 1 aromatic rings. The molecule has 7 nitrogen and oxygen atoms in total. The summed E-state index contributed by atoms with van der Waals surface area (Å²) in [7, 11) is 0. The molecule has 1 aromatic carbocycles. The monoisotopic (exact) mass is 332 g/mol. The third-order valence-corrected chi connectivity index (χ3v) is 4.88. The number of Topliss-reactive ketones (excluding diaryl/α,β-unsaturated/α-hetero) is 2. The highest BCUT2D eigenvalue weighted by atomic mass is 16.5. The van der Waals surface area contributed by atoms with Gasteiger partial charge in [-0.15, -0.1) is 0 Å². The average molecular weight is 332 g/mol. The summed E-state index contributed by atoms with van der Waals surface area (Å²) in [5.74, 6) is -1.59. The number of aromatic hydroxyl groups is 1. The quantitative estimate of drug-likeness (QED) is 0.637. The van der Waals surface area contributed by atoms with Crippen LogP contribution < -0.4 is 11.1 Å². The molecule has 0 radical (unpaired) electrons. The number of nitrogens with two attached hydrogens (primary N) is 1. The van der Waals surface area contributed by atoms with Crippen molar-refractivity contribution in [2.75, 3.05) is 13.2 Å². The Labute approximate surface area is 139 Å². The molecule has 1 amide bonds. The number of nitrogens with one attached hydrogen (secondary N) is 1. The lowest BCUT2D eigenvalue weighted by Gasteiger charge is -2.39. The Balaban J connectivity index is 1.71. The van der Waals surface area contributed by atoms with Crippen molar-refractivity contribution in [1.29, 1.82) is 0 Å². The first-order chi connectivity index (χ1) is 11.4. The van der Waals surface area contributed by atoms with Crippen molar-refractivity contribution in [3.8, 4) is 5.75 Å². The van der Waals surface area contributed by atoms with Gasteiger partial charge >= 0.3 is 0 Å². The Morgan fingerprint density at radius 3 is 2.71 bits per heavy atom. The van der Waals surface area contributed by atoms with E-state index < -0.39 is 29.3 Å². The number of aryl methyl sites for hydroxylation is 1. The second kappa shape index (κ2) is 6.33. The van der Waals surface area contributed by atoms with E-state index in [0.717, 1.165) is 5.56 Å². The van der Waals surface area contributed by atoms with E-state index >= 15 is 0 Å². The minimum Gasteiger partial charge on any atom is -0.508 e. The van der Waals surface area contributed by atoms with Crippen LogP contribution in [0.4, 0.5) is 0 Å².